The van der Waals surface area contributed by atoms with Crippen LogP contribution in [0.25, 0.3) is 12.2 Å². The SMILES string of the molecule is O=C1S/C(=C\c2ccc(Br)cc2)C(=O)N1CCN1C(=O)S/C(=C\c2ccco2)C1=O. The molecule has 0 unspecified atom stereocenters. The van der Waals surface area contributed by atoms with Crippen LogP contribution in [0.5, 0.6) is 0 Å². The van der Waals surface area contributed by atoms with Gasteiger partial charge in [0.15, 0.2) is 0 Å². The third-order valence-electron chi connectivity index (χ3n) is 4.28. The van der Waals surface area contributed by atoms with E-state index in [-0.39, 0.29) is 18.0 Å². The van der Waals surface area contributed by atoms with Crippen LogP contribution < -0.4 is 0 Å². The van der Waals surface area contributed by atoms with E-state index in [1.54, 1.807) is 18.2 Å². The fraction of sp³-hybridized carbons (Fsp3) is 0.100. The van der Waals surface area contributed by atoms with Crippen molar-refractivity contribution in [2.24, 2.45) is 0 Å². The molecule has 1 aromatic heterocycles. The molecule has 2 aliphatic heterocycles. The van der Waals surface area contributed by atoms with E-state index in [4.69, 9.17) is 4.42 Å². The van der Waals surface area contributed by atoms with Crippen molar-refractivity contribution in [2.45, 2.75) is 0 Å². The van der Waals surface area contributed by atoms with Gasteiger partial charge in [-0.05, 0) is 59.4 Å². The summed E-state index contributed by atoms with van der Waals surface area (Å²) in [6.45, 7) is -0.127. The number of nitrogens with zero attached hydrogens (tertiary/aromatic N) is 2. The average molecular weight is 505 g/mol. The zero-order valence-corrected chi connectivity index (χ0v) is 18.5. The molecule has 0 N–H and O–H groups in total. The summed E-state index contributed by atoms with van der Waals surface area (Å²) in [6.07, 6.45) is 4.60. The number of amides is 4. The van der Waals surface area contributed by atoms with Crippen LogP contribution in [0, 0.1) is 0 Å². The molecule has 7 nitrogen and oxygen atoms in total. The van der Waals surface area contributed by atoms with E-state index in [1.165, 1.54) is 12.3 Å². The van der Waals surface area contributed by atoms with Gasteiger partial charge in [-0.2, -0.15) is 0 Å². The van der Waals surface area contributed by atoms with Crippen molar-refractivity contribution in [2.75, 3.05) is 13.1 Å². The molecule has 4 amide bonds. The molecule has 4 rings (SSSR count). The molecule has 0 bridgehead atoms. The highest BCUT2D eigenvalue weighted by molar-refractivity contribution is 9.10. The number of halogens is 1. The predicted molar refractivity (Wildman–Crippen MR) is 118 cm³/mol. The number of rotatable bonds is 5. The van der Waals surface area contributed by atoms with E-state index in [2.05, 4.69) is 15.9 Å². The molecule has 2 fully saturated rings. The van der Waals surface area contributed by atoms with Gasteiger partial charge in [0.1, 0.15) is 5.76 Å². The molecular weight excluding hydrogens is 492 g/mol. The minimum Gasteiger partial charge on any atom is -0.465 e. The van der Waals surface area contributed by atoms with E-state index in [0.717, 1.165) is 43.4 Å². The fourth-order valence-corrected chi connectivity index (χ4v) is 4.77. The number of hydrogen-bond acceptors (Lipinski definition) is 7. The summed E-state index contributed by atoms with van der Waals surface area (Å²) in [5.74, 6) is -0.450. The van der Waals surface area contributed by atoms with Gasteiger partial charge >= 0.3 is 0 Å². The summed E-state index contributed by atoms with van der Waals surface area (Å²) >= 11 is 4.98. The van der Waals surface area contributed by atoms with E-state index in [0.29, 0.717) is 10.7 Å². The van der Waals surface area contributed by atoms with Gasteiger partial charge in [0.2, 0.25) is 0 Å². The van der Waals surface area contributed by atoms with Crippen molar-refractivity contribution in [3.63, 3.8) is 0 Å². The van der Waals surface area contributed by atoms with Gasteiger partial charge in [-0.15, -0.1) is 0 Å². The fourth-order valence-electron chi connectivity index (χ4n) is 2.80. The number of carbonyl (C=O) groups excluding carboxylic acids is 4. The number of benzene rings is 1. The Morgan fingerprint density at radius 1 is 0.833 bits per heavy atom. The minimum atomic E-state index is -0.473. The molecule has 3 heterocycles. The summed E-state index contributed by atoms with van der Waals surface area (Å²) in [5.41, 5.74) is 0.790. The third kappa shape index (κ3) is 4.30. The van der Waals surface area contributed by atoms with Gasteiger partial charge < -0.3 is 4.42 Å². The zero-order valence-electron chi connectivity index (χ0n) is 15.2. The summed E-state index contributed by atoms with van der Waals surface area (Å²) in [4.78, 5) is 52.2. The highest BCUT2D eigenvalue weighted by Gasteiger charge is 2.39. The van der Waals surface area contributed by atoms with Crippen molar-refractivity contribution in [3.8, 4) is 0 Å². The Bertz CT molecular complexity index is 1090. The molecule has 152 valence electrons. The van der Waals surface area contributed by atoms with Crippen LogP contribution in [0.15, 0.2) is 61.4 Å². The third-order valence-corrected chi connectivity index (χ3v) is 6.62. The van der Waals surface area contributed by atoms with E-state index < -0.39 is 22.3 Å². The summed E-state index contributed by atoms with van der Waals surface area (Å²) in [7, 11) is 0. The maximum atomic E-state index is 12.6. The summed E-state index contributed by atoms with van der Waals surface area (Å²) < 4.78 is 6.08. The number of furan rings is 1. The van der Waals surface area contributed by atoms with Gasteiger partial charge in [0.05, 0.1) is 16.1 Å². The Kier molecular flexibility index (Phi) is 5.98. The van der Waals surface area contributed by atoms with Gasteiger partial charge in [-0.25, -0.2) is 0 Å². The molecular formula is C20H13BrN2O5S2. The van der Waals surface area contributed by atoms with Gasteiger partial charge in [-0.3, -0.25) is 29.0 Å². The first-order valence-electron chi connectivity index (χ1n) is 8.72. The maximum absolute atomic E-state index is 12.6. The Balaban J connectivity index is 1.43. The average Bonchev–Trinajstić information content (AvgIpc) is 3.39. The highest BCUT2D eigenvalue weighted by atomic mass is 79.9. The van der Waals surface area contributed by atoms with Crippen LogP contribution in [0.2, 0.25) is 0 Å². The second-order valence-electron chi connectivity index (χ2n) is 6.23. The molecule has 1 aromatic carbocycles. The van der Waals surface area contributed by atoms with Crippen molar-refractivity contribution >= 4 is 73.9 Å². The minimum absolute atomic E-state index is 0.0611. The monoisotopic (exact) mass is 504 g/mol. The summed E-state index contributed by atoms with van der Waals surface area (Å²) in [5, 5.41) is -0.878. The van der Waals surface area contributed by atoms with E-state index in [9.17, 15) is 19.2 Å². The lowest BCUT2D eigenvalue weighted by Crippen LogP contribution is -2.39. The van der Waals surface area contributed by atoms with Crippen molar-refractivity contribution in [1.82, 2.24) is 9.80 Å². The van der Waals surface area contributed by atoms with Crippen molar-refractivity contribution < 1.29 is 23.6 Å². The number of imide groups is 2. The van der Waals surface area contributed by atoms with E-state index in [1.807, 2.05) is 24.3 Å². The Labute approximate surface area is 188 Å². The van der Waals surface area contributed by atoms with Crippen LogP contribution in [0.4, 0.5) is 9.59 Å². The van der Waals surface area contributed by atoms with Crippen LogP contribution in [-0.4, -0.2) is 45.2 Å². The summed E-state index contributed by atoms with van der Waals surface area (Å²) in [6, 6.07) is 10.7. The first-order chi connectivity index (χ1) is 14.4. The van der Waals surface area contributed by atoms with Crippen LogP contribution in [0.3, 0.4) is 0 Å². The topological polar surface area (TPSA) is 87.9 Å². The maximum Gasteiger partial charge on any atom is 0.293 e. The molecule has 0 saturated carbocycles. The lowest BCUT2D eigenvalue weighted by atomic mass is 10.2. The molecule has 2 saturated heterocycles. The van der Waals surface area contributed by atoms with Crippen LogP contribution in [0.1, 0.15) is 11.3 Å². The molecule has 2 aliphatic rings. The zero-order chi connectivity index (χ0) is 21.3. The first-order valence-corrected chi connectivity index (χ1v) is 11.1. The molecule has 0 spiro atoms. The van der Waals surface area contributed by atoms with Gasteiger partial charge in [-0.1, -0.05) is 28.1 Å². The quantitative estimate of drug-likeness (QED) is 0.539. The molecule has 30 heavy (non-hydrogen) atoms. The van der Waals surface area contributed by atoms with Crippen molar-refractivity contribution in [3.05, 3.63) is 68.3 Å². The second kappa shape index (κ2) is 8.66. The molecule has 0 aliphatic carbocycles. The molecule has 2 aromatic rings. The Morgan fingerprint density at radius 3 is 1.93 bits per heavy atom. The molecule has 0 atom stereocenters. The van der Waals surface area contributed by atoms with Gasteiger partial charge in [0.25, 0.3) is 22.3 Å². The Morgan fingerprint density at radius 2 is 1.40 bits per heavy atom. The number of thioether (sulfide) groups is 2. The van der Waals surface area contributed by atoms with Crippen LogP contribution >= 0.6 is 39.5 Å². The highest BCUT2D eigenvalue weighted by Crippen LogP contribution is 2.34. The van der Waals surface area contributed by atoms with E-state index >= 15 is 0 Å². The standard InChI is InChI=1S/C20H13BrN2O5S2/c21-13-5-3-12(4-6-13)10-15-17(24)22(19(26)29-15)7-8-23-18(25)16(30-20(23)27)11-14-2-1-9-28-14/h1-6,9-11H,7-8H2/b15-10-,16-11-. The normalized spacial score (nSPS) is 19.8. The molecule has 0 radical (unpaired) electrons. The number of hydrogen-bond donors (Lipinski definition) is 0. The largest absolute Gasteiger partial charge is 0.465 e. The van der Waals surface area contributed by atoms with Gasteiger partial charge in [0, 0.05) is 23.6 Å². The first kappa shape index (κ1) is 20.7. The van der Waals surface area contributed by atoms with Crippen LogP contribution in [-0.2, 0) is 9.59 Å². The Hall–Kier alpha value is -2.56. The lowest BCUT2D eigenvalue weighted by molar-refractivity contribution is -0.125. The van der Waals surface area contributed by atoms with Crippen molar-refractivity contribution in [1.29, 1.82) is 0 Å². The predicted octanol–water partition coefficient (Wildman–Crippen LogP) is 4.81. The smallest absolute Gasteiger partial charge is 0.293 e. The molecule has 10 heteroatoms. The number of carbonyl (C=O) groups is 4. The second-order valence-corrected chi connectivity index (χ2v) is 9.14. The lowest BCUT2D eigenvalue weighted by Gasteiger charge is -2.17.